The van der Waals surface area contributed by atoms with Crippen LogP contribution in [0, 0.1) is 6.92 Å². The predicted molar refractivity (Wildman–Crippen MR) is 95.2 cm³/mol. The third kappa shape index (κ3) is 3.13. The number of anilines is 1. The topological polar surface area (TPSA) is 79.7 Å². The van der Waals surface area contributed by atoms with Gasteiger partial charge in [-0.2, -0.15) is 0 Å². The molecule has 1 aromatic carbocycles. The van der Waals surface area contributed by atoms with Crippen LogP contribution in [0.4, 0.5) is 5.69 Å². The summed E-state index contributed by atoms with van der Waals surface area (Å²) in [4.78, 5) is 0. The Hall–Kier alpha value is -1.30. The van der Waals surface area contributed by atoms with Gasteiger partial charge in [0.15, 0.2) is 5.79 Å². The van der Waals surface area contributed by atoms with E-state index in [-0.39, 0.29) is 11.2 Å². The van der Waals surface area contributed by atoms with E-state index in [2.05, 4.69) is 19.9 Å². The number of aryl methyl sites for hydroxylation is 1. The molecular formula is C19H30N2O3. The zero-order valence-corrected chi connectivity index (χ0v) is 14.9. The highest BCUT2D eigenvalue weighted by atomic mass is 16.7. The second-order valence-corrected chi connectivity index (χ2v) is 7.08. The van der Waals surface area contributed by atoms with Crippen molar-refractivity contribution in [2.24, 2.45) is 5.73 Å². The lowest BCUT2D eigenvalue weighted by atomic mass is 9.65. The molecule has 1 saturated carbocycles. The molecule has 2 aliphatic rings. The third-order valence-electron chi connectivity index (χ3n) is 5.77. The second kappa shape index (κ2) is 6.90. The van der Waals surface area contributed by atoms with E-state index in [1.165, 1.54) is 5.56 Å². The molecule has 5 heteroatoms. The molecule has 4 N–H and O–H groups in total. The van der Waals surface area contributed by atoms with Gasteiger partial charge in [0.1, 0.15) is 12.4 Å². The molecule has 1 aromatic rings. The number of nitrogen functional groups attached to an aromatic ring is 1. The monoisotopic (exact) mass is 334 g/mol. The number of benzene rings is 1. The highest BCUT2D eigenvalue weighted by Crippen LogP contribution is 2.51. The van der Waals surface area contributed by atoms with Crippen molar-refractivity contribution in [3.63, 3.8) is 0 Å². The van der Waals surface area contributed by atoms with Gasteiger partial charge in [0.25, 0.3) is 0 Å². The van der Waals surface area contributed by atoms with Gasteiger partial charge in [-0.15, -0.1) is 0 Å². The van der Waals surface area contributed by atoms with Crippen LogP contribution in [-0.4, -0.2) is 32.2 Å². The van der Waals surface area contributed by atoms with Gasteiger partial charge in [0.05, 0.1) is 13.2 Å². The Labute approximate surface area is 144 Å². The number of rotatable bonds is 5. The van der Waals surface area contributed by atoms with Crippen molar-refractivity contribution in [3.05, 3.63) is 23.3 Å². The first-order valence-corrected chi connectivity index (χ1v) is 9.05. The summed E-state index contributed by atoms with van der Waals surface area (Å²) < 4.78 is 17.8. The first-order chi connectivity index (χ1) is 11.5. The molecule has 1 aliphatic carbocycles. The summed E-state index contributed by atoms with van der Waals surface area (Å²) in [6.45, 7) is 6.74. The van der Waals surface area contributed by atoms with Gasteiger partial charge >= 0.3 is 0 Å². The Morgan fingerprint density at radius 2 is 1.79 bits per heavy atom. The summed E-state index contributed by atoms with van der Waals surface area (Å²) in [5, 5.41) is 0. The molecule has 0 bridgehead atoms. The standard InChI is InChI=1S/C19H30N2O3/c1-3-18(4-6-19(7-5-18)23-10-11-24-19)15-12-14(2)16(21)13-17(15)22-9-8-20/h12-13H,3-11,20-21H2,1-2H3. The van der Waals surface area contributed by atoms with Crippen molar-refractivity contribution >= 4 is 5.69 Å². The minimum atomic E-state index is -0.347. The minimum Gasteiger partial charge on any atom is -0.492 e. The smallest absolute Gasteiger partial charge is 0.168 e. The van der Waals surface area contributed by atoms with E-state index in [0.717, 1.165) is 49.1 Å². The molecule has 1 saturated heterocycles. The molecule has 1 aliphatic heterocycles. The first kappa shape index (κ1) is 17.5. The van der Waals surface area contributed by atoms with Gasteiger partial charge in [0.2, 0.25) is 0 Å². The summed E-state index contributed by atoms with van der Waals surface area (Å²) in [6.07, 6.45) is 4.99. The van der Waals surface area contributed by atoms with Gasteiger partial charge in [-0.3, -0.25) is 0 Å². The molecule has 0 radical (unpaired) electrons. The molecule has 24 heavy (non-hydrogen) atoms. The zero-order chi connectivity index (χ0) is 17.2. The van der Waals surface area contributed by atoms with Crippen molar-refractivity contribution in [2.45, 2.75) is 57.2 Å². The average molecular weight is 334 g/mol. The molecule has 3 rings (SSSR count). The van der Waals surface area contributed by atoms with Crippen LogP contribution in [0.25, 0.3) is 0 Å². The summed E-state index contributed by atoms with van der Waals surface area (Å²) in [5.74, 6) is 0.536. The quantitative estimate of drug-likeness (QED) is 0.809. The number of nitrogens with two attached hydrogens (primary N) is 2. The molecule has 0 unspecified atom stereocenters. The van der Waals surface area contributed by atoms with Crippen molar-refractivity contribution in [2.75, 3.05) is 32.1 Å². The van der Waals surface area contributed by atoms with E-state index in [4.69, 9.17) is 25.7 Å². The summed E-state index contributed by atoms with van der Waals surface area (Å²) in [5.41, 5.74) is 15.0. The lowest BCUT2D eigenvalue weighted by Gasteiger charge is -2.44. The Bertz CT molecular complexity index is 572. The molecule has 1 spiro atoms. The lowest BCUT2D eigenvalue weighted by molar-refractivity contribution is -0.185. The van der Waals surface area contributed by atoms with E-state index in [1.807, 2.05) is 6.07 Å². The summed E-state index contributed by atoms with van der Waals surface area (Å²) in [7, 11) is 0. The van der Waals surface area contributed by atoms with Crippen LogP contribution in [0.3, 0.4) is 0 Å². The fraction of sp³-hybridized carbons (Fsp3) is 0.684. The van der Waals surface area contributed by atoms with Crippen LogP contribution in [0.15, 0.2) is 12.1 Å². The highest BCUT2D eigenvalue weighted by molar-refractivity contribution is 5.56. The molecule has 5 nitrogen and oxygen atoms in total. The summed E-state index contributed by atoms with van der Waals surface area (Å²) >= 11 is 0. The third-order valence-corrected chi connectivity index (χ3v) is 5.77. The molecule has 2 fully saturated rings. The minimum absolute atomic E-state index is 0.0863. The molecule has 1 heterocycles. The first-order valence-electron chi connectivity index (χ1n) is 9.05. The average Bonchev–Trinajstić information content (AvgIpc) is 3.05. The van der Waals surface area contributed by atoms with Gasteiger partial charge in [0, 0.05) is 36.7 Å². The van der Waals surface area contributed by atoms with Crippen molar-refractivity contribution in [1.29, 1.82) is 0 Å². The van der Waals surface area contributed by atoms with Crippen molar-refractivity contribution < 1.29 is 14.2 Å². The lowest BCUT2D eigenvalue weighted by Crippen LogP contribution is -2.42. The normalized spacial score (nSPS) is 22.0. The largest absolute Gasteiger partial charge is 0.492 e. The molecule has 0 amide bonds. The zero-order valence-electron chi connectivity index (χ0n) is 14.9. The van der Waals surface area contributed by atoms with E-state index in [1.54, 1.807) is 0 Å². The fourth-order valence-electron chi connectivity index (χ4n) is 4.12. The highest BCUT2D eigenvalue weighted by Gasteiger charge is 2.47. The van der Waals surface area contributed by atoms with Gasteiger partial charge < -0.3 is 25.7 Å². The molecule has 134 valence electrons. The van der Waals surface area contributed by atoms with E-state index in [0.29, 0.717) is 26.4 Å². The SMILES string of the molecule is CCC1(c2cc(C)c(N)cc2OCCN)CCC2(CC1)OCCO2. The Kier molecular flexibility index (Phi) is 5.04. The summed E-state index contributed by atoms with van der Waals surface area (Å²) in [6, 6.07) is 4.17. The number of hydrogen-bond acceptors (Lipinski definition) is 5. The number of hydrogen-bond donors (Lipinski definition) is 2. The van der Waals surface area contributed by atoms with Gasteiger partial charge in [-0.25, -0.2) is 0 Å². The maximum Gasteiger partial charge on any atom is 0.168 e. The molecule has 0 aromatic heterocycles. The van der Waals surface area contributed by atoms with Crippen molar-refractivity contribution in [3.8, 4) is 5.75 Å². The van der Waals surface area contributed by atoms with Gasteiger partial charge in [-0.1, -0.05) is 6.92 Å². The Balaban J connectivity index is 1.91. The van der Waals surface area contributed by atoms with Crippen LogP contribution in [-0.2, 0) is 14.9 Å². The number of ether oxygens (including phenoxy) is 3. The maximum absolute atomic E-state index is 6.12. The maximum atomic E-state index is 6.12. The molecular weight excluding hydrogens is 304 g/mol. The van der Waals surface area contributed by atoms with E-state index >= 15 is 0 Å². The van der Waals surface area contributed by atoms with Crippen LogP contribution in [0.1, 0.15) is 50.2 Å². The second-order valence-electron chi connectivity index (χ2n) is 7.08. The Morgan fingerprint density at radius 3 is 2.38 bits per heavy atom. The van der Waals surface area contributed by atoms with Crippen LogP contribution in [0.2, 0.25) is 0 Å². The van der Waals surface area contributed by atoms with Crippen LogP contribution >= 0.6 is 0 Å². The van der Waals surface area contributed by atoms with Crippen LogP contribution < -0.4 is 16.2 Å². The van der Waals surface area contributed by atoms with Crippen molar-refractivity contribution in [1.82, 2.24) is 0 Å². The van der Waals surface area contributed by atoms with E-state index < -0.39 is 0 Å². The predicted octanol–water partition coefficient (Wildman–Crippen LogP) is 2.88. The Morgan fingerprint density at radius 1 is 1.12 bits per heavy atom. The van der Waals surface area contributed by atoms with Crippen LogP contribution in [0.5, 0.6) is 5.75 Å². The van der Waals surface area contributed by atoms with Gasteiger partial charge in [-0.05, 0) is 43.2 Å². The fourth-order valence-corrected chi connectivity index (χ4v) is 4.12. The molecule has 0 atom stereocenters. The van der Waals surface area contributed by atoms with E-state index in [9.17, 15) is 0 Å².